The topological polar surface area (TPSA) is 107 Å². The molecule has 0 aliphatic carbocycles. The largest absolute Gasteiger partial charge is 2.00 e. The third kappa shape index (κ3) is 10.3. The van der Waals surface area contributed by atoms with Crippen LogP contribution in [0.25, 0.3) is 0 Å². The van der Waals surface area contributed by atoms with Crippen LogP contribution >= 0.6 is 0 Å². The van der Waals surface area contributed by atoms with Gasteiger partial charge in [-0.2, -0.15) is 0 Å². The predicted octanol–water partition coefficient (Wildman–Crippen LogP) is -2.48. The van der Waals surface area contributed by atoms with Crippen molar-refractivity contribution < 1.29 is 25.3 Å². The summed E-state index contributed by atoms with van der Waals surface area (Å²) in [6, 6.07) is 0. The number of carbonyl (C=O) groups excluding carboxylic acids is 2. The van der Waals surface area contributed by atoms with Gasteiger partial charge in [-0.05, 0) is 6.92 Å². The van der Waals surface area contributed by atoms with Crippen molar-refractivity contribution in [2.24, 2.45) is 0 Å². The normalized spacial score (nSPS) is 10.4. The molecule has 0 radical (unpaired) electrons. The molecule has 1 unspecified atom stereocenters. The second-order valence-corrected chi connectivity index (χ2v) is 1.70. The minimum absolute atomic E-state index is 0. The number of Topliss-reactive ketones (excluding diaryl/α,β-unsaturated/α-hetero) is 1. The molecular formula is C5H8CaO5. The van der Waals surface area contributed by atoms with E-state index >= 15 is 0 Å². The maximum atomic E-state index is 10.1. The number of carboxylic acids is 1. The third-order valence-corrected chi connectivity index (χ3v) is 0.829. The van der Waals surface area contributed by atoms with E-state index in [1.807, 2.05) is 0 Å². The Morgan fingerprint density at radius 3 is 2.00 bits per heavy atom. The summed E-state index contributed by atoms with van der Waals surface area (Å²) < 4.78 is 0. The van der Waals surface area contributed by atoms with E-state index in [9.17, 15) is 14.7 Å². The van der Waals surface area contributed by atoms with Crippen LogP contribution in [0.5, 0.6) is 0 Å². The van der Waals surface area contributed by atoms with Crippen LogP contribution in [-0.4, -0.2) is 66.2 Å². The van der Waals surface area contributed by atoms with Gasteiger partial charge in [-0.15, -0.1) is 0 Å². The Kier molecular flexibility index (Phi) is 13.3. The van der Waals surface area contributed by atoms with E-state index in [1.165, 1.54) is 0 Å². The van der Waals surface area contributed by atoms with Crippen molar-refractivity contribution in [3.63, 3.8) is 0 Å². The maximum absolute atomic E-state index is 10.1. The molecule has 0 amide bonds. The van der Waals surface area contributed by atoms with Gasteiger partial charge in [0.15, 0.2) is 5.78 Å². The van der Waals surface area contributed by atoms with E-state index in [1.54, 1.807) is 0 Å². The second-order valence-electron chi connectivity index (χ2n) is 1.70. The van der Waals surface area contributed by atoms with Gasteiger partial charge in [-0.3, -0.25) is 4.79 Å². The van der Waals surface area contributed by atoms with Crippen molar-refractivity contribution in [2.45, 2.75) is 19.4 Å². The smallest absolute Gasteiger partial charge is 0.870 e. The van der Waals surface area contributed by atoms with Crippen molar-refractivity contribution in [1.82, 2.24) is 0 Å². The summed E-state index contributed by atoms with van der Waals surface area (Å²) in [5, 5.41) is 18.2. The first kappa shape index (κ1) is 17.4. The van der Waals surface area contributed by atoms with Gasteiger partial charge >= 0.3 is 37.7 Å². The summed E-state index contributed by atoms with van der Waals surface area (Å²) in [4.78, 5) is 19.8. The van der Waals surface area contributed by atoms with Crippen molar-refractivity contribution in [3.05, 3.63) is 0 Å². The molecule has 0 saturated heterocycles. The molecule has 1 atom stereocenters. The van der Waals surface area contributed by atoms with E-state index in [2.05, 4.69) is 0 Å². The fourth-order valence-electron chi connectivity index (χ4n) is 0.302. The molecule has 0 aromatic carbocycles. The first-order valence-corrected chi connectivity index (χ1v) is 2.42. The monoisotopic (exact) mass is 188 g/mol. The SMILES string of the molecule is CC(=O)C(O)CC(=O)[O-].[Ca+2].[OH-]. The number of rotatable bonds is 3. The van der Waals surface area contributed by atoms with Crippen LogP contribution in [0, 0.1) is 0 Å². The van der Waals surface area contributed by atoms with E-state index in [4.69, 9.17) is 5.11 Å². The van der Waals surface area contributed by atoms with E-state index in [-0.39, 0.29) is 43.2 Å². The second kappa shape index (κ2) is 8.42. The number of ketones is 1. The molecule has 0 spiro atoms. The van der Waals surface area contributed by atoms with Gasteiger partial charge in [0.2, 0.25) is 0 Å². The summed E-state index contributed by atoms with van der Waals surface area (Å²) in [5.74, 6) is -1.98. The summed E-state index contributed by atoms with van der Waals surface area (Å²) in [7, 11) is 0. The summed E-state index contributed by atoms with van der Waals surface area (Å²) in [5.41, 5.74) is 0. The van der Waals surface area contributed by atoms with Crippen molar-refractivity contribution in [1.29, 1.82) is 0 Å². The molecule has 6 heteroatoms. The average molecular weight is 188 g/mol. The molecule has 5 nitrogen and oxygen atoms in total. The average Bonchev–Trinajstić information content (AvgIpc) is 1.63. The van der Waals surface area contributed by atoms with Crippen LogP contribution in [0.2, 0.25) is 0 Å². The van der Waals surface area contributed by atoms with Crippen molar-refractivity contribution >= 4 is 49.5 Å². The molecule has 2 N–H and O–H groups in total. The summed E-state index contributed by atoms with van der Waals surface area (Å²) in [6.45, 7) is 1.12. The number of hydrogen-bond acceptors (Lipinski definition) is 5. The van der Waals surface area contributed by atoms with Gasteiger partial charge in [0.25, 0.3) is 0 Å². The van der Waals surface area contributed by atoms with Crippen molar-refractivity contribution in [3.8, 4) is 0 Å². The Morgan fingerprint density at radius 1 is 1.55 bits per heavy atom. The molecule has 0 bridgehead atoms. The first-order chi connectivity index (χ1) is 4.04. The summed E-state index contributed by atoms with van der Waals surface area (Å²) in [6.07, 6.45) is -2.02. The zero-order valence-corrected chi connectivity index (χ0v) is 8.32. The molecule has 0 rings (SSSR count). The number of carbonyl (C=O) groups is 2. The fraction of sp³-hybridized carbons (Fsp3) is 0.600. The van der Waals surface area contributed by atoms with Crippen LogP contribution in [0.15, 0.2) is 0 Å². The zero-order chi connectivity index (χ0) is 7.44. The minimum Gasteiger partial charge on any atom is -0.870 e. The Morgan fingerprint density at radius 2 is 1.91 bits per heavy atom. The van der Waals surface area contributed by atoms with Gasteiger partial charge in [-0.1, -0.05) is 0 Å². The third-order valence-electron chi connectivity index (χ3n) is 0.829. The molecule has 60 valence electrons. The molecule has 0 aromatic heterocycles. The standard InChI is InChI=1S/C5H8O4.Ca.H2O/c1-3(6)4(7)2-5(8)9;;/h4,7H,2H2,1H3,(H,8,9);;1H2/q;+2;/p-2. The minimum atomic E-state index is -1.42. The van der Waals surface area contributed by atoms with Gasteiger partial charge in [-0.25, -0.2) is 0 Å². The molecule has 11 heavy (non-hydrogen) atoms. The van der Waals surface area contributed by atoms with E-state index in [0.717, 1.165) is 6.92 Å². The molecule has 0 fully saturated rings. The van der Waals surface area contributed by atoms with Crippen molar-refractivity contribution in [2.75, 3.05) is 0 Å². The zero-order valence-electron chi connectivity index (χ0n) is 6.11. The molecule has 0 aromatic rings. The van der Waals surface area contributed by atoms with E-state index < -0.39 is 24.3 Å². The first-order valence-electron chi connectivity index (χ1n) is 2.42. The summed E-state index contributed by atoms with van der Waals surface area (Å²) >= 11 is 0. The quantitative estimate of drug-likeness (QED) is 0.493. The van der Waals surface area contributed by atoms with Crippen LogP contribution < -0.4 is 5.11 Å². The number of aliphatic hydroxyl groups excluding tert-OH is 1. The number of carboxylic acid groups (broad SMARTS) is 1. The van der Waals surface area contributed by atoms with Gasteiger partial charge < -0.3 is 20.5 Å². The number of aliphatic carboxylic acids is 1. The fourth-order valence-corrected chi connectivity index (χ4v) is 0.302. The van der Waals surface area contributed by atoms with Gasteiger partial charge in [0.05, 0.1) is 0 Å². The molecule has 0 saturated carbocycles. The van der Waals surface area contributed by atoms with Gasteiger partial charge in [0, 0.05) is 12.4 Å². The van der Waals surface area contributed by atoms with Crippen LogP contribution in [0.4, 0.5) is 0 Å². The van der Waals surface area contributed by atoms with Gasteiger partial charge in [0.1, 0.15) is 6.10 Å². The maximum Gasteiger partial charge on any atom is 2.00 e. The molecule has 0 heterocycles. The Bertz CT molecular complexity index is 135. The van der Waals surface area contributed by atoms with Crippen LogP contribution in [0.3, 0.4) is 0 Å². The van der Waals surface area contributed by atoms with Crippen LogP contribution in [0.1, 0.15) is 13.3 Å². The predicted molar refractivity (Wildman–Crippen MR) is 34.0 cm³/mol. The van der Waals surface area contributed by atoms with E-state index in [0.29, 0.717) is 0 Å². The Hall–Kier alpha value is 0.320. The Balaban J connectivity index is -0.000000320. The molecule has 0 aliphatic heterocycles. The molecular weight excluding hydrogens is 180 g/mol. The Labute approximate surface area is 93.7 Å². The van der Waals surface area contributed by atoms with Crippen LogP contribution in [-0.2, 0) is 9.59 Å². The number of aliphatic hydroxyl groups is 1. The number of hydrogen-bond donors (Lipinski definition) is 1. The molecule has 0 aliphatic rings.